The minimum atomic E-state index is -4.00. The summed E-state index contributed by atoms with van der Waals surface area (Å²) in [6.45, 7) is 1.75. The molecule has 1 amide bonds. The Morgan fingerprint density at radius 1 is 1.15 bits per heavy atom. The van der Waals surface area contributed by atoms with Gasteiger partial charge in [0, 0.05) is 5.56 Å². The van der Waals surface area contributed by atoms with Crippen molar-refractivity contribution in [3.05, 3.63) is 63.9 Å². The van der Waals surface area contributed by atoms with Gasteiger partial charge in [0.15, 0.2) is 0 Å². The fourth-order valence-corrected chi connectivity index (χ4v) is 3.96. The molecule has 2 N–H and O–H groups in total. The molecule has 27 heavy (non-hydrogen) atoms. The molecule has 0 fully saturated rings. The number of hydrogen-bond acceptors (Lipinski definition) is 6. The zero-order valence-corrected chi connectivity index (χ0v) is 16.1. The fourth-order valence-electron chi connectivity index (χ4n) is 2.08. The largest absolute Gasteiger partial charge is 0.296 e. The summed E-state index contributed by atoms with van der Waals surface area (Å²) in [4.78, 5) is 12.2. The van der Waals surface area contributed by atoms with Gasteiger partial charge in [-0.2, -0.15) is 0 Å². The molecule has 0 saturated carbocycles. The van der Waals surface area contributed by atoms with Gasteiger partial charge < -0.3 is 0 Å². The first-order valence-electron chi connectivity index (χ1n) is 7.44. The molecule has 3 rings (SSSR count). The predicted octanol–water partition coefficient (Wildman–Crippen LogP) is 3.69. The zero-order chi connectivity index (χ0) is 19.6. The molecule has 1 heterocycles. The van der Waals surface area contributed by atoms with Gasteiger partial charge in [0.1, 0.15) is 10.8 Å². The van der Waals surface area contributed by atoms with Crippen LogP contribution in [0.1, 0.15) is 15.4 Å². The number of aromatic nitrogens is 2. The van der Waals surface area contributed by atoms with Crippen LogP contribution in [-0.4, -0.2) is 24.5 Å². The lowest BCUT2D eigenvalue weighted by atomic mass is 10.2. The number of carbonyl (C=O) groups excluding carboxylic acids is 1. The summed E-state index contributed by atoms with van der Waals surface area (Å²) in [5.74, 6) is -1.05. The molecule has 7 nitrogen and oxygen atoms in total. The quantitative estimate of drug-likeness (QED) is 0.647. The standard InChI is InChI=1S/C16H12ClFN4O3S2/c1-9-20-21-16(26-9)19-15(23)10-2-7-13(17)14(8-10)22-27(24,25)12-5-3-11(18)4-6-12/h2-8,22H,1H3,(H,19,21,23). The monoisotopic (exact) mass is 426 g/mol. The van der Waals surface area contributed by atoms with Gasteiger partial charge in [-0.1, -0.05) is 22.9 Å². The molecule has 3 aromatic rings. The number of rotatable bonds is 5. The van der Waals surface area contributed by atoms with Crippen molar-refractivity contribution in [1.82, 2.24) is 10.2 Å². The number of amides is 1. The molecule has 0 aliphatic heterocycles. The maximum Gasteiger partial charge on any atom is 0.261 e. The highest BCUT2D eigenvalue weighted by Gasteiger charge is 2.18. The number of sulfonamides is 1. The van der Waals surface area contributed by atoms with Crippen LogP contribution in [0.5, 0.6) is 0 Å². The predicted molar refractivity (Wildman–Crippen MR) is 101 cm³/mol. The number of nitrogens with one attached hydrogen (secondary N) is 2. The number of benzene rings is 2. The highest BCUT2D eigenvalue weighted by Crippen LogP contribution is 2.26. The van der Waals surface area contributed by atoms with Crippen molar-refractivity contribution in [2.45, 2.75) is 11.8 Å². The summed E-state index contributed by atoms with van der Waals surface area (Å²) in [5.41, 5.74) is 0.186. The first kappa shape index (κ1) is 19.2. The lowest BCUT2D eigenvalue weighted by molar-refractivity contribution is 0.102. The van der Waals surface area contributed by atoms with Crippen LogP contribution in [0.3, 0.4) is 0 Å². The van der Waals surface area contributed by atoms with E-state index in [1.807, 2.05) is 0 Å². The molecule has 0 saturated heterocycles. The Morgan fingerprint density at radius 2 is 1.85 bits per heavy atom. The number of halogens is 2. The molecule has 1 aromatic heterocycles. The van der Waals surface area contributed by atoms with Gasteiger partial charge in [0.25, 0.3) is 15.9 Å². The van der Waals surface area contributed by atoms with E-state index in [4.69, 9.17) is 11.6 Å². The smallest absolute Gasteiger partial charge is 0.261 e. The summed E-state index contributed by atoms with van der Waals surface area (Å²) in [6.07, 6.45) is 0. The van der Waals surface area contributed by atoms with Gasteiger partial charge in [-0.05, 0) is 49.4 Å². The Labute approximate surface area is 163 Å². The molecule has 0 unspecified atom stereocenters. The lowest BCUT2D eigenvalue weighted by Gasteiger charge is -2.11. The molecule has 0 atom stereocenters. The number of aryl methyl sites for hydroxylation is 1. The van der Waals surface area contributed by atoms with E-state index in [1.54, 1.807) is 6.92 Å². The van der Waals surface area contributed by atoms with Crippen LogP contribution in [-0.2, 0) is 10.0 Å². The first-order valence-corrected chi connectivity index (χ1v) is 10.1. The summed E-state index contributed by atoms with van der Waals surface area (Å²) < 4.78 is 40.2. The molecular weight excluding hydrogens is 415 g/mol. The number of carbonyl (C=O) groups is 1. The van der Waals surface area contributed by atoms with E-state index in [1.165, 1.54) is 29.5 Å². The summed E-state index contributed by atoms with van der Waals surface area (Å²) in [5, 5.41) is 11.3. The van der Waals surface area contributed by atoms with Crippen LogP contribution >= 0.6 is 22.9 Å². The van der Waals surface area contributed by atoms with Gasteiger partial charge in [-0.3, -0.25) is 14.8 Å². The lowest BCUT2D eigenvalue weighted by Crippen LogP contribution is -2.15. The second-order valence-corrected chi connectivity index (χ2v) is 8.61. The van der Waals surface area contributed by atoms with E-state index in [-0.39, 0.29) is 21.2 Å². The Balaban J connectivity index is 1.84. The topological polar surface area (TPSA) is 101 Å². The molecule has 0 radical (unpaired) electrons. The number of anilines is 2. The second-order valence-electron chi connectivity index (χ2n) is 5.33. The highest BCUT2D eigenvalue weighted by molar-refractivity contribution is 7.92. The van der Waals surface area contributed by atoms with Crippen LogP contribution in [0.2, 0.25) is 5.02 Å². The van der Waals surface area contributed by atoms with E-state index >= 15 is 0 Å². The Hall–Kier alpha value is -2.56. The third kappa shape index (κ3) is 4.59. The molecule has 2 aromatic carbocycles. The van der Waals surface area contributed by atoms with Crippen molar-refractivity contribution < 1.29 is 17.6 Å². The summed E-state index contributed by atoms with van der Waals surface area (Å²) in [6, 6.07) is 8.45. The molecule has 0 aliphatic carbocycles. The highest BCUT2D eigenvalue weighted by atomic mass is 35.5. The van der Waals surface area contributed by atoms with Crippen molar-refractivity contribution in [2.75, 3.05) is 10.0 Å². The molecule has 0 spiro atoms. The summed E-state index contributed by atoms with van der Waals surface area (Å²) in [7, 11) is -4.00. The fraction of sp³-hybridized carbons (Fsp3) is 0.0625. The van der Waals surface area contributed by atoms with Crippen LogP contribution < -0.4 is 10.0 Å². The Morgan fingerprint density at radius 3 is 2.48 bits per heavy atom. The van der Waals surface area contributed by atoms with Crippen LogP contribution in [0.15, 0.2) is 47.4 Å². The minimum absolute atomic E-state index is 0.0158. The van der Waals surface area contributed by atoms with Crippen LogP contribution in [0, 0.1) is 12.7 Å². The van der Waals surface area contributed by atoms with Gasteiger partial charge in [0.05, 0.1) is 15.6 Å². The van der Waals surface area contributed by atoms with Gasteiger partial charge in [-0.25, -0.2) is 12.8 Å². The average molecular weight is 427 g/mol. The van der Waals surface area contributed by atoms with E-state index in [2.05, 4.69) is 20.2 Å². The third-order valence-corrected chi connectivity index (χ3v) is 5.81. The van der Waals surface area contributed by atoms with Gasteiger partial charge >= 0.3 is 0 Å². The van der Waals surface area contributed by atoms with E-state index in [0.29, 0.717) is 10.1 Å². The molecule has 0 aliphatic rings. The van der Waals surface area contributed by atoms with Gasteiger partial charge in [-0.15, -0.1) is 10.2 Å². The molecule has 140 valence electrons. The Kier molecular flexibility index (Phi) is 5.40. The maximum absolute atomic E-state index is 13.0. The SMILES string of the molecule is Cc1nnc(NC(=O)c2ccc(Cl)c(NS(=O)(=O)c3ccc(F)cc3)c2)s1. The number of nitrogens with zero attached hydrogens (tertiary/aromatic N) is 2. The minimum Gasteiger partial charge on any atom is -0.296 e. The van der Waals surface area contributed by atoms with E-state index < -0.39 is 21.7 Å². The molecule has 0 bridgehead atoms. The second kappa shape index (κ2) is 7.59. The van der Waals surface area contributed by atoms with E-state index in [0.717, 1.165) is 24.3 Å². The van der Waals surface area contributed by atoms with Crippen molar-refractivity contribution in [1.29, 1.82) is 0 Å². The maximum atomic E-state index is 13.0. The molecular formula is C16H12ClFN4O3S2. The third-order valence-electron chi connectivity index (χ3n) is 3.34. The first-order chi connectivity index (χ1) is 12.7. The van der Waals surface area contributed by atoms with Crippen molar-refractivity contribution in [3.63, 3.8) is 0 Å². The summed E-state index contributed by atoms with van der Waals surface area (Å²) >= 11 is 7.25. The Bertz CT molecular complexity index is 1100. The van der Waals surface area contributed by atoms with E-state index in [9.17, 15) is 17.6 Å². The van der Waals surface area contributed by atoms with Crippen molar-refractivity contribution >= 4 is 49.7 Å². The normalized spacial score (nSPS) is 11.2. The van der Waals surface area contributed by atoms with Crippen molar-refractivity contribution in [3.8, 4) is 0 Å². The van der Waals surface area contributed by atoms with Crippen LogP contribution in [0.4, 0.5) is 15.2 Å². The average Bonchev–Trinajstić information content (AvgIpc) is 3.02. The van der Waals surface area contributed by atoms with Crippen molar-refractivity contribution in [2.24, 2.45) is 0 Å². The van der Waals surface area contributed by atoms with Gasteiger partial charge in [0.2, 0.25) is 5.13 Å². The van der Waals surface area contributed by atoms with Crippen LogP contribution in [0.25, 0.3) is 0 Å². The zero-order valence-electron chi connectivity index (χ0n) is 13.7. The molecule has 11 heteroatoms. The number of hydrogen-bond donors (Lipinski definition) is 2.